The molecule has 150 valence electrons. The van der Waals surface area contributed by atoms with Crippen LogP contribution in [0.2, 0.25) is 0 Å². The van der Waals surface area contributed by atoms with Gasteiger partial charge in [-0.05, 0) is 18.2 Å². The first kappa shape index (κ1) is 18.6. The van der Waals surface area contributed by atoms with E-state index in [4.69, 9.17) is 6.57 Å². The number of imidazole rings is 1. The van der Waals surface area contributed by atoms with Crippen LogP contribution in [0.1, 0.15) is 19.0 Å². The van der Waals surface area contributed by atoms with Crippen molar-refractivity contribution in [3.63, 3.8) is 0 Å². The zero-order chi connectivity index (χ0) is 21.4. The summed E-state index contributed by atoms with van der Waals surface area (Å²) in [7, 11) is 0. The number of carbonyl (C=O) groups excluding carboxylic acids is 1. The maximum absolute atomic E-state index is 11.6. The summed E-state index contributed by atoms with van der Waals surface area (Å²) in [6, 6.07) is 7.40. The van der Waals surface area contributed by atoms with Gasteiger partial charge in [0.15, 0.2) is 17.1 Å². The number of hydrogen-bond donors (Lipinski definition) is 2. The molecule has 5 rings (SSSR count). The van der Waals surface area contributed by atoms with Crippen molar-refractivity contribution in [3.8, 4) is 22.6 Å². The van der Waals surface area contributed by atoms with Gasteiger partial charge < -0.3 is 4.98 Å². The van der Waals surface area contributed by atoms with E-state index in [1.807, 2.05) is 25.1 Å². The molecule has 0 aliphatic heterocycles. The monoisotopic (exact) mass is 408 g/mol. The lowest BCUT2D eigenvalue weighted by molar-refractivity contribution is -0.118. The maximum atomic E-state index is 11.6. The average Bonchev–Trinajstić information content (AvgIpc) is 3.42. The Balaban J connectivity index is 1.55. The third-order valence-electron chi connectivity index (χ3n) is 5.07. The molecule has 5 aromatic rings. The number of nitrogens with one attached hydrogen (secondary N) is 2. The van der Waals surface area contributed by atoms with Gasteiger partial charge in [0.2, 0.25) is 5.69 Å². The van der Waals surface area contributed by atoms with E-state index in [2.05, 4.69) is 40.0 Å². The Hall–Kier alpha value is -4.45. The number of H-pyrrole nitrogens is 2. The zero-order valence-corrected chi connectivity index (χ0v) is 16.5. The highest BCUT2D eigenvalue weighted by Gasteiger charge is 2.16. The molecule has 0 unspecified atom stereocenters. The summed E-state index contributed by atoms with van der Waals surface area (Å²) < 4.78 is 0. The molecule has 0 radical (unpaired) electrons. The van der Waals surface area contributed by atoms with Crippen molar-refractivity contribution in [3.05, 3.63) is 60.0 Å². The van der Waals surface area contributed by atoms with E-state index in [1.54, 1.807) is 24.7 Å². The van der Waals surface area contributed by atoms with Crippen LogP contribution in [0.4, 0.5) is 5.69 Å². The predicted molar refractivity (Wildman–Crippen MR) is 115 cm³/mol. The smallest absolute Gasteiger partial charge is 0.215 e. The van der Waals surface area contributed by atoms with Crippen molar-refractivity contribution in [1.29, 1.82) is 0 Å². The first-order valence-corrected chi connectivity index (χ1v) is 9.70. The molecule has 0 bridgehead atoms. The molecular formula is C22H16N8O. The van der Waals surface area contributed by atoms with Crippen LogP contribution in [0.3, 0.4) is 0 Å². The molecule has 0 saturated heterocycles. The van der Waals surface area contributed by atoms with Gasteiger partial charge in [0, 0.05) is 48.3 Å². The van der Waals surface area contributed by atoms with Gasteiger partial charge in [-0.25, -0.2) is 19.8 Å². The predicted octanol–water partition coefficient (Wildman–Crippen LogP) is 4.03. The first-order chi connectivity index (χ1) is 15.2. The molecule has 0 aliphatic carbocycles. The zero-order valence-electron chi connectivity index (χ0n) is 16.5. The number of ketones is 1. The molecule has 0 spiro atoms. The Morgan fingerprint density at radius 1 is 1.10 bits per heavy atom. The topological polar surface area (TPSA) is 117 Å². The van der Waals surface area contributed by atoms with Gasteiger partial charge in [-0.3, -0.25) is 14.9 Å². The molecule has 2 N–H and O–H groups in total. The molecule has 9 heteroatoms. The second-order valence-corrected chi connectivity index (χ2v) is 7.03. The molecule has 0 atom stereocenters. The van der Waals surface area contributed by atoms with E-state index in [-0.39, 0.29) is 5.78 Å². The van der Waals surface area contributed by atoms with Crippen LogP contribution in [-0.2, 0) is 11.2 Å². The fourth-order valence-corrected chi connectivity index (χ4v) is 3.37. The van der Waals surface area contributed by atoms with Crippen LogP contribution >= 0.6 is 0 Å². The third-order valence-corrected chi connectivity index (χ3v) is 5.07. The van der Waals surface area contributed by atoms with Gasteiger partial charge in [-0.1, -0.05) is 13.0 Å². The van der Waals surface area contributed by atoms with Crippen molar-refractivity contribution >= 4 is 33.7 Å². The van der Waals surface area contributed by atoms with E-state index in [0.29, 0.717) is 46.9 Å². The van der Waals surface area contributed by atoms with Crippen molar-refractivity contribution in [1.82, 2.24) is 35.1 Å². The van der Waals surface area contributed by atoms with Gasteiger partial charge in [0.25, 0.3) is 0 Å². The molecule has 0 amide bonds. The normalized spacial score (nSPS) is 11.1. The number of Topliss-reactive ketones (excluding diaryl/α,β-unsaturated/α-hetero) is 1. The van der Waals surface area contributed by atoms with Crippen LogP contribution in [0.15, 0.2) is 42.9 Å². The number of carbonyl (C=O) groups is 1. The quantitative estimate of drug-likeness (QED) is 0.424. The second-order valence-electron chi connectivity index (χ2n) is 7.03. The minimum Gasteiger partial charge on any atom is -0.345 e. The number of pyridine rings is 3. The lowest BCUT2D eigenvalue weighted by Crippen LogP contribution is -2.02. The fourth-order valence-electron chi connectivity index (χ4n) is 3.37. The number of fused-ring (bicyclic) bond motifs is 2. The number of rotatable bonds is 5. The van der Waals surface area contributed by atoms with Crippen LogP contribution in [0.25, 0.3) is 49.7 Å². The first-order valence-electron chi connectivity index (χ1n) is 9.70. The molecule has 5 heterocycles. The number of hydrogen-bond acceptors (Lipinski definition) is 6. The van der Waals surface area contributed by atoms with Gasteiger partial charge in [-0.2, -0.15) is 5.10 Å². The van der Waals surface area contributed by atoms with Crippen LogP contribution in [-0.4, -0.2) is 40.9 Å². The highest BCUT2D eigenvalue weighted by molar-refractivity contribution is 5.95. The Kier molecular flexibility index (Phi) is 4.45. The second kappa shape index (κ2) is 7.42. The van der Waals surface area contributed by atoms with Gasteiger partial charge >= 0.3 is 0 Å². The Morgan fingerprint density at radius 2 is 1.97 bits per heavy atom. The lowest BCUT2D eigenvalue weighted by Gasteiger charge is -2.03. The number of nitrogens with zero attached hydrogens (tertiary/aromatic N) is 6. The summed E-state index contributed by atoms with van der Waals surface area (Å²) in [6.45, 7) is 9.17. The van der Waals surface area contributed by atoms with Gasteiger partial charge in [0.05, 0.1) is 17.5 Å². The summed E-state index contributed by atoms with van der Waals surface area (Å²) in [5, 5.41) is 8.03. The van der Waals surface area contributed by atoms with E-state index < -0.39 is 0 Å². The van der Waals surface area contributed by atoms with Crippen molar-refractivity contribution < 1.29 is 4.79 Å². The van der Waals surface area contributed by atoms with E-state index in [1.165, 1.54) is 0 Å². The Bertz CT molecular complexity index is 1470. The molecule has 0 aliphatic rings. The van der Waals surface area contributed by atoms with Crippen LogP contribution in [0.5, 0.6) is 0 Å². The lowest BCUT2D eigenvalue weighted by atomic mass is 10.1. The maximum Gasteiger partial charge on any atom is 0.215 e. The minimum atomic E-state index is 0.160. The molecule has 0 fully saturated rings. The van der Waals surface area contributed by atoms with Crippen molar-refractivity contribution in [2.45, 2.75) is 19.8 Å². The molecule has 0 aromatic carbocycles. The summed E-state index contributed by atoms with van der Waals surface area (Å²) in [5.74, 6) is 0.694. The van der Waals surface area contributed by atoms with Crippen molar-refractivity contribution in [2.24, 2.45) is 0 Å². The molecule has 31 heavy (non-hydrogen) atoms. The third kappa shape index (κ3) is 3.30. The van der Waals surface area contributed by atoms with E-state index in [9.17, 15) is 4.79 Å². The molecular weight excluding hydrogens is 392 g/mol. The summed E-state index contributed by atoms with van der Waals surface area (Å²) in [6.07, 6.45) is 5.89. The molecule has 5 aromatic heterocycles. The molecule has 9 nitrogen and oxygen atoms in total. The van der Waals surface area contributed by atoms with Gasteiger partial charge in [0.1, 0.15) is 11.5 Å². The SMILES string of the molecule is [C-]#[N+]c1ccnc2nc(-c3[nH]nc4ncc(-c5ccc(CC(=O)CC)nc5)cc34)[nH]c12. The van der Waals surface area contributed by atoms with Gasteiger partial charge in [-0.15, -0.1) is 0 Å². The average molecular weight is 408 g/mol. The number of aromatic nitrogens is 7. The highest BCUT2D eigenvalue weighted by Crippen LogP contribution is 2.30. The molecule has 0 saturated carbocycles. The van der Waals surface area contributed by atoms with E-state index >= 15 is 0 Å². The fraction of sp³-hybridized carbons (Fsp3) is 0.136. The summed E-state index contributed by atoms with van der Waals surface area (Å²) >= 11 is 0. The highest BCUT2D eigenvalue weighted by atomic mass is 16.1. The number of aromatic amines is 2. The van der Waals surface area contributed by atoms with E-state index in [0.717, 1.165) is 22.2 Å². The summed E-state index contributed by atoms with van der Waals surface area (Å²) in [5.41, 5.74) is 5.23. The largest absolute Gasteiger partial charge is 0.345 e. The standard InChI is InChI=1S/C22H16N8O/c1-3-15(31)9-14-5-4-12(10-25-14)13-8-16-18(29-30-20(16)26-11-13)22-27-19-17(23-2)6-7-24-21(19)28-22/h4-8,10-11H,3,9H2,1H3,(H,24,27,28)(H,26,29,30). The van der Waals surface area contributed by atoms with Crippen LogP contribution in [0, 0.1) is 6.57 Å². The minimum absolute atomic E-state index is 0.160. The summed E-state index contributed by atoms with van der Waals surface area (Å²) in [4.78, 5) is 35.9. The van der Waals surface area contributed by atoms with Crippen LogP contribution < -0.4 is 0 Å². The Morgan fingerprint density at radius 3 is 2.74 bits per heavy atom. The van der Waals surface area contributed by atoms with Crippen molar-refractivity contribution in [2.75, 3.05) is 0 Å². The Labute approximate surface area is 176 Å².